The van der Waals surface area contributed by atoms with Gasteiger partial charge in [-0.25, -0.2) is 0 Å². The van der Waals surface area contributed by atoms with Gasteiger partial charge in [0.05, 0.1) is 19.8 Å². The predicted molar refractivity (Wildman–Crippen MR) is 89.0 cm³/mol. The van der Waals surface area contributed by atoms with Crippen LogP contribution in [0.2, 0.25) is 0 Å². The molecule has 25 heavy (non-hydrogen) atoms. The van der Waals surface area contributed by atoms with Gasteiger partial charge in [-0.2, -0.15) is 0 Å². The fraction of sp³-hybridized carbons (Fsp3) is 0.889. The van der Waals surface area contributed by atoms with Crippen LogP contribution < -0.4 is 0 Å². The van der Waals surface area contributed by atoms with Gasteiger partial charge in [-0.05, 0) is 32.6 Å². The minimum Gasteiger partial charge on any atom is -0.465 e. The molecular weight excluding hydrogens is 326 g/mol. The summed E-state index contributed by atoms with van der Waals surface area (Å²) in [6, 6.07) is 0. The van der Waals surface area contributed by atoms with E-state index in [2.05, 4.69) is 0 Å². The van der Waals surface area contributed by atoms with Gasteiger partial charge in [0.25, 0.3) is 0 Å². The maximum absolute atomic E-state index is 13.5. The summed E-state index contributed by atoms with van der Waals surface area (Å²) in [6.45, 7) is 6.55. The predicted octanol–water partition coefficient (Wildman–Crippen LogP) is 1.00. The van der Waals surface area contributed by atoms with Crippen LogP contribution in [0.1, 0.15) is 32.6 Å². The lowest BCUT2D eigenvalue weighted by Gasteiger charge is -2.42. The maximum Gasteiger partial charge on any atom is 0.321 e. The van der Waals surface area contributed by atoms with Crippen molar-refractivity contribution in [1.82, 2.24) is 4.90 Å². The van der Waals surface area contributed by atoms with Crippen molar-refractivity contribution in [2.45, 2.75) is 32.6 Å². The first kappa shape index (κ1) is 18.6. The van der Waals surface area contributed by atoms with Crippen LogP contribution in [0, 0.1) is 10.8 Å². The van der Waals surface area contributed by atoms with Crippen LogP contribution in [0.5, 0.6) is 0 Å². The average Bonchev–Trinajstić information content (AvgIpc) is 2.85. The molecule has 3 saturated heterocycles. The number of rotatable bonds is 3. The number of hydrogen-bond donors (Lipinski definition) is 0. The average molecular weight is 355 g/mol. The van der Waals surface area contributed by atoms with Gasteiger partial charge in [0.15, 0.2) is 5.41 Å². The zero-order chi connectivity index (χ0) is 17.8. The van der Waals surface area contributed by atoms with Crippen molar-refractivity contribution in [3.63, 3.8) is 0 Å². The molecule has 0 aromatic rings. The smallest absolute Gasteiger partial charge is 0.321 e. The number of nitrogens with zero attached hydrogens (tertiary/aromatic N) is 1. The lowest BCUT2D eigenvalue weighted by molar-refractivity contribution is -0.172. The van der Waals surface area contributed by atoms with Gasteiger partial charge in [0, 0.05) is 44.9 Å². The van der Waals surface area contributed by atoms with E-state index in [4.69, 9.17) is 18.9 Å². The van der Waals surface area contributed by atoms with E-state index in [-0.39, 0.29) is 17.9 Å². The quantitative estimate of drug-likeness (QED) is 0.555. The van der Waals surface area contributed by atoms with Crippen LogP contribution >= 0.6 is 0 Å². The molecule has 0 N–H and O–H groups in total. The first-order valence-corrected chi connectivity index (χ1v) is 9.32. The molecule has 3 aliphatic heterocycles. The van der Waals surface area contributed by atoms with Crippen molar-refractivity contribution >= 4 is 11.9 Å². The van der Waals surface area contributed by atoms with E-state index >= 15 is 0 Å². The summed E-state index contributed by atoms with van der Waals surface area (Å²) < 4.78 is 22.0. The Kier molecular flexibility index (Phi) is 5.96. The van der Waals surface area contributed by atoms with Crippen LogP contribution in [0.25, 0.3) is 0 Å². The molecule has 7 nitrogen and oxygen atoms in total. The van der Waals surface area contributed by atoms with Crippen LogP contribution in [-0.2, 0) is 28.5 Å². The Balaban J connectivity index is 1.81. The second-order valence-electron chi connectivity index (χ2n) is 7.31. The first-order valence-electron chi connectivity index (χ1n) is 9.32. The van der Waals surface area contributed by atoms with Gasteiger partial charge in [-0.3, -0.25) is 9.59 Å². The zero-order valence-corrected chi connectivity index (χ0v) is 15.1. The standard InChI is InChI=1S/C18H29NO6/c1-2-25-16(21)18(5-10-23-11-6-18)15(20)19-7-12-24-14-17(13-19)3-8-22-9-4-17/h2-14H2,1H3. The molecule has 0 radical (unpaired) electrons. The van der Waals surface area contributed by atoms with E-state index < -0.39 is 11.4 Å². The second kappa shape index (κ2) is 8.01. The van der Waals surface area contributed by atoms with Crippen LogP contribution in [0.15, 0.2) is 0 Å². The molecule has 142 valence electrons. The normalized spacial score (nSPS) is 26.0. The SMILES string of the molecule is CCOC(=O)C1(C(=O)N2CCOCC3(CCOCC3)C2)CCOCC1. The molecule has 0 unspecified atom stereocenters. The van der Waals surface area contributed by atoms with Crippen LogP contribution in [-0.4, -0.2) is 76.1 Å². The van der Waals surface area contributed by atoms with Crippen LogP contribution in [0.3, 0.4) is 0 Å². The molecule has 3 aliphatic rings. The van der Waals surface area contributed by atoms with Gasteiger partial charge in [-0.15, -0.1) is 0 Å². The minimum absolute atomic E-state index is 0.0641. The molecule has 0 bridgehead atoms. The Morgan fingerprint density at radius 3 is 2.24 bits per heavy atom. The summed E-state index contributed by atoms with van der Waals surface area (Å²) >= 11 is 0. The third-order valence-electron chi connectivity index (χ3n) is 5.70. The fourth-order valence-corrected chi connectivity index (χ4v) is 4.07. The van der Waals surface area contributed by atoms with Gasteiger partial charge in [0.2, 0.25) is 5.91 Å². The Morgan fingerprint density at radius 2 is 1.60 bits per heavy atom. The Bertz CT molecular complexity index is 482. The highest BCUT2D eigenvalue weighted by Crippen LogP contribution is 2.38. The third-order valence-corrected chi connectivity index (χ3v) is 5.70. The van der Waals surface area contributed by atoms with E-state index in [1.54, 1.807) is 6.92 Å². The highest BCUT2D eigenvalue weighted by molar-refractivity contribution is 6.02. The van der Waals surface area contributed by atoms with E-state index in [1.807, 2.05) is 4.90 Å². The molecule has 1 spiro atoms. The van der Waals surface area contributed by atoms with Crippen molar-refractivity contribution in [2.75, 3.05) is 59.3 Å². The molecule has 3 rings (SSSR count). The molecular formula is C18H29NO6. The highest BCUT2D eigenvalue weighted by atomic mass is 16.5. The van der Waals surface area contributed by atoms with E-state index in [1.165, 1.54) is 0 Å². The summed E-state index contributed by atoms with van der Waals surface area (Å²) in [6.07, 6.45) is 2.54. The number of carbonyl (C=O) groups is 2. The van der Waals surface area contributed by atoms with Crippen molar-refractivity contribution in [2.24, 2.45) is 10.8 Å². The topological polar surface area (TPSA) is 74.3 Å². The van der Waals surface area contributed by atoms with Crippen LogP contribution in [0.4, 0.5) is 0 Å². The number of esters is 1. The summed E-state index contributed by atoms with van der Waals surface area (Å²) in [7, 11) is 0. The molecule has 0 aliphatic carbocycles. The minimum atomic E-state index is -1.11. The highest BCUT2D eigenvalue weighted by Gasteiger charge is 2.51. The molecule has 0 saturated carbocycles. The summed E-state index contributed by atoms with van der Waals surface area (Å²) in [5.41, 5.74) is -1.17. The largest absolute Gasteiger partial charge is 0.465 e. The van der Waals surface area contributed by atoms with E-state index in [0.717, 1.165) is 12.8 Å². The zero-order valence-electron chi connectivity index (χ0n) is 15.1. The molecule has 0 aromatic heterocycles. The second-order valence-corrected chi connectivity index (χ2v) is 7.31. The van der Waals surface area contributed by atoms with Gasteiger partial charge >= 0.3 is 5.97 Å². The molecule has 1 amide bonds. The lowest BCUT2D eigenvalue weighted by Crippen LogP contribution is -2.55. The van der Waals surface area contributed by atoms with Crippen molar-refractivity contribution in [3.8, 4) is 0 Å². The Hall–Kier alpha value is -1.18. The van der Waals surface area contributed by atoms with E-state index in [0.29, 0.717) is 65.6 Å². The maximum atomic E-state index is 13.5. The molecule has 0 atom stereocenters. The lowest BCUT2D eigenvalue weighted by atomic mass is 9.76. The number of hydrogen-bond acceptors (Lipinski definition) is 6. The van der Waals surface area contributed by atoms with Crippen molar-refractivity contribution < 1.29 is 28.5 Å². The van der Waals surface area contributed by atoms with Gasteiger partial charge < -0.3 is 23.8 Å². The Labute approximate surface area is 148 Å². The molecule has 3 heterocycles. The fourth-order valence-electron chi connectivity index (χ4n) is 4.07. The van der Waals surface area contributed by atoms with E-state index in [9.17, 15) is 9.59 Å². The van der Waals surface area contributed by atoms with Gasteiger partial charge in [-0.1, -0.05) is 0 Å². The third kappa shape index (κ3) is 3.83. The summed E-state index contributed by atoms with van der Waals surface area (Å²) in [5.74, 6) is -0.528. The monoisotopic (exact) mass is 355 g/mol. The molecule has 0 aromatic carbocycles. The summed E-state index contributed by atoms with van der Waals surface area (Å²) in [5, 5.41) is 0. The molecule has 3 fully saturated rings. The number of amides is 1. The molecule has 7 heteroatoms. The van der Waals surface area contributed by atoms with Crippen molar-refractivity contribution in [1.29, 1.82) is 0 Å². The van der Waals surface area contributed by atoms with Crippen molar-refractivity contribution in [3.05, 3.63) is 0 Å². The summed E-state index contributed by atoms with van der Waals surface area (Å²) in [4.78, 5) is 28.0. The number of ether oxygens (including phenoxy) is 4. The Morgan fingerprint density at radius 1 is 0.960 bits per heavy atom. The van der Waals surface area contributed by atoms with Gasteiger partial charge in [0.1, 0.15) is 0 Å². The first-order chi connectivity index (χ1) is 12.1. The number of carbonyl (C=O) groups excluding carboxylic acids is 2.